The van der Waals surface area contributed by atoms with Gasteiger partial charge < -0.3 is 19.5 Å². The van der Waals surface area contributed by atoms with E-state index in [-0.39, 0.29) is 11.9 Å². The molecule has 6 heteroatoms. The molecule has 1 aromatic rings. The van der Waals surface area contributed by atoms with Crippen molar-refractivity contribution in [1.82, 2.24) is 5.32 Å². The first kappa shape index (κ1) is 15.9. The predicted molar refractivity (Wildman–Crippen MR) is 75.4 cm³/mol. The van der Waals surface area contributed by atoms with Crippen LogP contribution in [0.15, 0.2) is 22.7 Å². The van der Waals surface area contributed by atoms with Crippen LogP contribution in [0.5, 0.6) is 5.75 Å². The molecule has 1 amide bonds. The molecule has 0 fully saturated rings. The molecule has 0 saturated heterocycles. The number of ether oxygens (including phenoxy) is 3. The molecule has 0 bridgehead atoms. The van der Waals surface area contributed by atoms with E-state index in [9.17, 15) is 4.79 Å². The summed E-state index contributed by atoms with van der Waals surface area (Å²) in [5.41, 5.74) is 0.462. The summed E-state index contributed by atoms with van der Waals surface area (Å²) in [5, 5.41) is 2.81. The quantitative estimate of drug-likeness (QED) is 0.812. The summed E-state index contributed by atoms with van der Waals surface area (Å²) in [6.07, 6.45) is -0.495. The van der Waals surface area contributed by atoms with E-state index < -0.39 is 6.29 Å². The molecule has 0 aliphatic heterocycles. The number of carbonyl (C=O) groups is 1. The topological polar surface area (TPSA) is 56.8 Å². The zero-order valence-corrected chi connectivity index (χ0v) is 13.0. The molecule has 0 aliphatic rings. The van der Waals surface area contributed by atoms with Gasteiger partial charge in [0, 0.05) is 18.7 Å². The van der Waals surface area contributed by atoms with Gasteiger partial charge >= 0.3 is 0 Å². The van der Waals surface area contributed by atoms with Gasteiger partial charge in [-0.2, -0.15) is 0 Å². The fourth-order valence-corrected chi connectivity index (χ4v) is 2.05. The van der Waals surface area contributed by atoms with Gasteiger partial charge in [-0.25, -0.2) is 0 Å². The Morgan fingerprint density at radius 2 is 1.89 bits per heavy atom. The standard InChI is InChI=1S/C13H18BrNO4/c1-8(13(18-3)19-4)15-12(16)10-6-5-9(14)7-11(10)17-2/h5-8,13H,1-4H3,(H,15,16). The van der Waals surface area contributed by atoms with Gasteiger partial charge in [-0.15, -0.1) is 0 Å². The second-order valence-electron chi connectivity index (χ2n) is 3.95. The third-order valence-corrected chi connectivity index (χ3v) is 3.13. The van der Waals surface area contributed by atoms with Crippen LogP contribution in [0.3, 0.4) is 0 Å². The Labute approximate surface area is 121 Å². The molecule has 0 heterocycles. The lowest BCUT2D eigenvalue weighted by atomic mass is 10.1. The molecule has 5 nitrogen and oxygen atoms in total. The van der Waals surface area contributed by atoms with Crippen molar-refractivity contribution in [3.05, 3.63) is 28.2 Å². The molecule has 0 aromatic heterocycles. The number of hydrogen-bond donors (Lipinski definition) is 1. The number of rotatable bonds is 6. The van der Waals surface area contributed by atoms with E-state index in [2.05, 4.69) is 21.2 Å². The zero-order valence-electron chi connectivity index (χ0n) is 11.4. The highest BCUT2D eigenvalue weighted by atomic mass is 79.9. The number of carbonyl (C=O) groups excluding carboxylic acids is 1. The lowest BCUT2D eigenvalue weighted by molar-refractivity contribution is -0.117. The predicted octanol–water partition coefficient (Wildman–Crippen LogP) is 2.19. The average molecular weight is 332 g/mol. The summed E-state index contributed by atoms with van der Waals surface area (Å²) in [6, 6.07) is 4.94. The van der Waals surface area contributed by atoms with Gasteiger partial charge in [0.25, 0.3) is 5.91 Å². The van der Waals surface area contributed by atoms with Crippen LogP contribution in [0.1, 0.15) is 17.3 Å². The van der Waals surface area contributed by atoms with Gasteiger partial charge in [-0.05, 0) is 25.1 Å². The third kappa shape index (κ3) is 4.19. The zero-order chi connectivity index (χ0) is 14.4. The Morgan fingerprint density at radius 1 is 1.26 bits per heavy atom. The number of nitrogens with one attached hydrogen (secondary N) is 1. The largest absolute Gasteiger partial charge is 0.496 e. The first-order valence-electron chi connectivity index (χ1n) is 5.73. The fourth-order valence-electron chi connectivity index (χ4n) is 1.71. The maximum Gasteiger partial charge on any atom is 0.255 e. The lowest BCUT2D eigenvalue weighted by Crippen LogP contribution is -2.43. The van der Waals surface area contributed by atoms with Crippen molar-refractivity contribution in [1.29, 1.82) is 0 Å². The smallest absolute Gasteiger partial charge is 0.255 e. The van der Waals surface area contributed by atoms with Crippen LogP contribution >= 0.6 is 15.9 Å². The number of amides is 1. The molecule has 0 spiro atoms. The van der Waals surface area contributed by atoms with E-state index in [0.717, 1.165) is 4.47 Å². The van der Waals surface area contributed by atoms with Gasteiger partial charge in [0.1, 0.15) is 5.75 Å². The van der Waals surface area contributed by atoms with Crippen molar-refractivity contribution in [3.63, 3.8) is 0 Å². The van der Waals surface area contributed by atoms with E-state index in [4.69, 9.17) is 14.2 Å². The van der Waals surface area contributed by atoms with Gasteiger partial charge in [-0.1, -0.05) is 15.9 Å². The molecule has 0 radical (unpaired) electrons. The van der Waals surface area contributed by atoms with E-state index in [1.54, 1.807) is 25.1 Å². The Morgan fingerprint density at radius 3 is 2.42 bits per heavy atom. The normalized spacial score (nSPS) is 12.3. The number of methoxy groups -OCH3 is 3. The molecular formula is C13H18BrNO4. The highest BCUT2D eigenvalue weighted by Gasteiger charge is 2.20. The summed E-state index contributed by atoms with van der Waals surface area (Å²) < 4.78 is 16.2. The minimum atomic E-state index is -0.495. The molecule has 19 heavy (non-hydrogen) atoms. The van der Waals surface area contributed by atoms with Crippen LogP contribution in [0.4, 0.5) is 0 Å². The highest BCUT2D eigenvalue weighted by molar-refractivity contribution is 9.10. The maximum atomic E-state index is 12.2. The summed E-state index contributed by atoms with van der Waals surface area (Å²) >= 11 is 3.33. The average Bonchev–Trinajstić information content (AvgIpc) is 2.39. The summed E-state index contributed by atoms with van der Waals surface area (Å²) in [6.45, 7) is 1.81. The van der Waals surface area contributed by atoms with Crippen LogP contribution in [-0.2, 0) is 9.47 Å². The van der Waals surface area contributed by atoms with Crippen molar-refractivity contribution >= 4 is 21.8 Å². The van der Waals surface area contributed by atoms with Crippen LogP contribution in [0, 0.1) is 0 Å². The Balaban J connectivity index is 2.83. The number of hydrogen-bond acceptors (Lipinski definition) is 4. The first-order valence-corrected chi connectivity index (χ1v) is 6.52. The molecule has 1 N–H and O–H groups in total. The van der Waals surface area contributed by atoms with Crippen molar-refractivity contribution in [2.75, 3.05) is 21.3 Å². The van der Waals surface area contributed by atoms with E-state index in [1.807, 2.05) is 0 Å². The monoisotopic (exact) mass is 331 g/mol. The van der Waals surface area contributed by atoms with Crippen molar-refractivity contribution in [2.24, 2.45) is 0 Å². The number of benzene rings is 1. The molecule has 1 rings (SSSR count). The van der Waals surface area contributed by atoms with E-state index in [0.29, 0.717) is 11.3 Å². The second kappa shape index (κ2) is 7.47. The van der Waals surface area contributed by atoms with Crippen LogP contribution < -0.4 is 10.1 Å². The van der Waals surface area contributed by atoms with Crippen molar-refractivity contribution < 1.29 is 19.0 Å². The molecule has 0 saturated carbocycles. The summed E-state index contributed by atoms with van der Waals surface area (Å²) in [4.78, 5) is 12.2. The van der Waals surface area contributed by atoms with Crippen molar-refractivity contribution in [3.8, 4) is 5.75 Å². The van der Waals surface area contributed by atoms with Gasteiger partial charge in [-0.3, -0.25) is 4.79 Å². The lowest BCUT2D eigenvalue weighted by Gasteiger charge is -2.22. The maximum absolute atomic E-state index is 12.2. The highest BCUT2D eigenvalue weighted by Crippen LogP contribution is 2.23. The Hall–Kier alpha value is -1.11. The van der Waals surface area contributed by atoms with E-state index in [1.165, 1.54) is 21.3 Å². The van der Waals surface area contributed by atoms with Crippen molar-refractivity contribution in [2.45, 2.75) is 19.3 Å². The molecule has 1 atom stereocenters. The first-order chi connectivity index (χ1) is 9.03. The third-order valence-electron chi connectivity index (χ3n) is 2.64. The minimum absolute atomic E-state index is 0.240. The Bertz CT molecular complexity index is 435. The van der Waals surface area contributed by atoms with Crippen LogP contribution in [-0.4, -0.2) is 39.6 Å². The minimum Gasteiger partial charge on any atom is -0.496 e. The van der Waals surface area contributed by atoms with Gasteiger partial charge in [0.05, 0.1) is 18.7 Å². The summed E-state index contributed by atoms with van der Waals surface area (Å²) in [7, 11) is 4.57. The Kier molecular flexibility index (Phi) is 6.27. The number of halogens is 1. The van der Waals surface area contributed by atoms with Crippen LogP contribution in [0.2, 0.25) is 0 Å². The molecule has 1 unspecified atom stereocenters. The van der Waals surface area contributed by atoms with Crippen LogP contribution in [0.25, 0.3) is 0 Å². The molecular weight excluding hydrogens is 314 g/mol. The summed E-state index contributed by atoms with van der Waals surface area (Å²) in [5.74, 6) is 0.265. The van der Waals surface area contributed by atoms with Gasteiger partial charge in [0.15, 0.2) is 6.29 Å². The molecule has 1 aromatic carbocycles. The molecule has 106 valence electrons. The van der Waals surface area contributed by atoms with Gasteiger partial charge in [0.2, 0.25) is 0 Å². The fraction of sp³-hybridized carbons (Fsp3) is 0.462. The SMILES string of the molecule is COc1cc(Br)ccc1C(=O)NC(C)C(OC)OC. The molecule has 0 aliphatic carbocycles. The van der Waals surface area contributed by atoms with E-state index >= 15 is 0 Å². The second-order valence-corrected chi connectivity index (χ2v) is 4.86.